The molecule has 1 aliphatic rings. The zero-order valence-electron chi connectivity index (χ0n) is 8.97. The molecule has 1 heterocycles. The van der Waals surface area contributed by atoms with Crippen LogP contribution in [0.2, 0.25) is 0 Å². The Kier molecular flexibility index (Phi) is 2.51. The van der Waals surface area contributed by atoms with Gasteiger partial charge in [-0.1, -0.05) is 18.7 Å². The molecule has 0 atom stereocenters. The van der Waals surface area contributed by atoms with E-state index < -0.39 is 17.7 Å². The molecule has 1 aromatic rings. The highest BCUT2D eigenvalue weighted by atomic mass is 16.2. The lowest BCUT2D eigenvalue weighted by molar-refractivity contribution is -0.114. The molecule has 0 saturated carbocycles. The first-order valence-corrected chi connectivity index (χ1v) is 4.95. The first-order chi connectivity index (χ1) is 8.02. The highest BCUT2D eigenvalue weighted by molar-refractivity contribution is 6.21. The number of carbonyl (C=O) groups is 3. The summed E-state index contributed by atoms with van der Waals surface area (Å²) in [7, 11) is 0. The third-order valence-corrected chi connectivity index (χ3v) is 2.58. The smallest absolute Gasteiger partial charge is 0.261 e. The fraction of sp³-hybridized carbons (Fsp3) is 0.0833. The van der Waals surface area contributed by atoms with E-state index >= 15 is 0 Å². The van der Waals surface area contributed by atoms with Crippen LogP contribution >= 0.6 is 0 Å². The Hall–Kier alpha value is -2.43. The van der Waals surface area contributed by atoms with E-state index in [0.717, 1.165) is 4.90 Å². The number of fused-ring (bicyclic) bond motifs is 1. The molecule has 0 spiro atoms. The van der Waals surface area contributed by atoms with Crippen LogP contribution in [0.15, 0.2) is 36.4 Å². The molecule has 1 aromatic carbocycles. The van der Waals surface area contributed by atoms with Crippen molar-refractivity contribution in [1.29, 1.82) is 0 Å². The van der Waals surface area contributed by atoms with Crippen molar-refractivity contribution in [3.05, 3.63) is 47.5 Å². The molecule has 0 saturated heterocycles. The lowest BCUT2D eigenvalue weighted by Crippen LogP contribution is -2.34. The summed E-state index contributed by atoms with van der Waals surface area (Å²) in [5.74, 6) is -1.57. The van der Waals surface area contributed by atoms with Gasteiger partial charge in [-0.25, -0.2) is 0 Å². The van der Waals surface area contributed by atoms with Crippen molar-refractivity contribution in [2.75, 3.05) is 6.54 Å². The molecular formula is C12H10N2O3. The quantitative estimate of drug-likeness (QED) is 0.600. The summed E-state index contributed by atoms with van der Waals surface area (Å²) < 4.78 is 0. The molecule has 0 aliphatic carbocycles. The van der Waals surface area contributed by atoms with E-state index in [1.165, 1.54) is 0 Å². The van der Waals surface area contributed by atoms with Crippen LogP contribution in [0, 0.1) is 0 Å². The monoisotopic (exact) mass is 230 g/mol. The van der Waals surface area contributed by atoms with Crippen molar-refractivity contribution in [2.24, 2.45) is 5.73 Å². The SMILES string of the molecule is C=C(CN1C(=O)c2ccccc2C1=O)C(N)=O. The second kappa shape index (κ2) is 3.86. The molecule has 0 fully saturated rings. The number of carbonyl (C=O) groups excluding carboxylic acids is 3. The van der Waals surface area contributed by atoms with Gasteiger partial charge in [0.2, 0.25) is 5.91 Å². The molecule has 1 aliphatic heterocycles. The zero-order chi connectivity index (χ0) is 12.6. The number of rotatable bonds is 3. The Morgan fingerprint density at radius 3 is 2.06 bits per heavy atom. The van der Waals surface area contributed by atoms with E-state index in [1.54, 1.807) is 24.3 Å². The summed E-state index contributed by atoms with van der Waals surface area (Å²) in [6.07, 6.45) is 0. The van der Waals surface area contributed by atoms with E-state index in [4.69, 9.17) is 5.73 Å². The van der Waals surface area contributed by atoms with Gasteiger partial charge in [-0.2, -0.15) is 0 Å². The summed E-state index contributed by atoms with van der Waals surface area (Å²) in [5, 5.41) is 0. The molecule has 0 radical (unpaired) electrons. The van der Waals surface area contributed by atoms with Crippen LogP contribution in [0.4, 0.5) is 0 Å². The molecule has 86 valence electrons. The van der Waals surface area contributed by atoms with Gasteiger partial charge in [0.25, 0.3) is 11.8 Å². The standard InChI is InChI=1S/C12H10N2O3/c1-7(10(13)15)6-14-11(16)8-4-2-3-5-9(8)12(14)17/h2-5H,1,6H2,(H2,13,15). The summed E-state index contributed by atoms with van der Waals surface area (Å²) in [4.78, 5) is 35.6. The number of primary amides is 1. The number of nitrogens with zero attached hydrogens (tertiary/aromatic N) is 1. The fourth-order valence-corrected chi connectivity index (χ4v) is 1.65. The number of benzene rings is 1. The van der Waals surface area contributed by atoms with E-state index in [0.29, 0.717) is 11.1 Å². The van der Waals surface area contributed by atoms with Crippen molar-refractivity contribution in [1.82, 2.24) is 4.90 Å². The molecule has 0 bridgehead atoms. The molecule has 3 amide bonds. The maximum Gasteiger partial charge on any atom is 0.261 e. The predicted octanol–water partition coefficient (Wildman–Crippen LogP) is 0.324. The van der Waals surface area contributed by atoms with Crippen LogP contribution in [-0.2, 0) is 4.79 Å². The van der Waals surface area contributed by atoms with Crippen molar-refractivity contribution in [2.45, 2.75) is 0 Å². The van der Waals surface area contributed by atoms with Gasteiger partial charge in [0.05, 0.1) is 17.7 Å². The van der Waals surface area contributed by atoms with E-state index in [9.17, 15) is 14.4 Å². The predicted molar refractivity (Wildman–Crippen MR) is 60.1 cm³/mol. The van der Waals surface area contributed by atoms with Gasteiger partial charge < -0.3 is 5.73 Å². The van der Waals surface area contributed by atoms with Gasteiger partial charge in [-0.05, 0) is 12.1 Å². The Balaban J connectivity index is 2.31. The molecule has 2 rings (SSSR count). The molecule has 17 heavy (non-hydrogen) atoms. The van der Waals surface area contributed by atoms with Crippen molar-refractivity contribution in [3.63, 3.8) is 0 Å². The Bertz CT molecular complexity index is 513. The zero-order valence-corrected chi connectivity index (χ0v) is 8.97. The summed E-state index contributed by atoms with van der Waals surface area (Å²) >= 11 is 0. The molecule has 5 nitrogen and oxygen atoms in total. The van der Waals surface area contributed by atoms with Crippen molar-refractivity contribution >= 4 is 17.7 Å². The van der Waals surface area contributed by atoms with E-state index in [1.807, 2.05) is 0 Å². The summed E-state index contributed by atoms with van der Waals surface area (Å²) in [6, 6.07) is 6.50. The first kappa shape index (κ1) is 11.1. The van der Waals surface area contributed by atoms with Gasteiger partial charge in [-0.3, -0.25) is 19.3 Å². The highest BCUT2D eigenvalue weighted by Crippen LogP contribution is 2.22. The number of imide groups is 1. The van der Waals surface area contributed by atoms with Gasteiger partial charge in [0.15, 0.2) is 0 Å². The number of nitrogens with two attached hydrogens (primary N) is 1. The topological polar surface area (TPSA) is 80.5 Å². The minimum atomic E-state index is -0.721. The van der Waals surface area contributed by atoms with Gasteiger partial charge >= 0.3 is 0 Å². The Morgan fingerprint density at radius 2 is 1.65 bits per heavy atom. The van der Waals surface area contributed by atoms with Gasteiger partial charge in [-0.15, -0.1) is 0 Å². The maximum atomic E-state index is 11.9. The second-order valence-electron chi connectivity index (χ2n) is 3.71. The minimum absolute atomic E-state index is 0.0273. The lowest BCUT2D eigenvalue weighted by Gasteiger charge is -2.13. The lowest BCUT2D eigenvalue weighted by atomic mass is 10.1. The third kappa shape index (κ3) is 1.71. The summed E-state index contributed by atoms with van der Waals surface area (Å²) in [6.45, 7) is 3.26. The highest BCUT2D eigenvalue weighted by Gasteiger charge is 2.35. The normalized spacial score (nSPS) is 13.8. The van der Waals surface area contributed by atoms with Crippen LogP contribution in [0.5, 0.6) is 0 Å². The average molecular weight is 230 g/mol. The number of hydrogen-bond acceptors (Lipinski definition) is 3. The van der Waals surface area contributed by atoms with E-state index in [2.05, 4.69) is 6.58 Å². The van der Waals surface area contributed by atoms with Crippen LogP contribution in [-0.4, -0.2) is 29.2 Å². The van der Waals surface area contributed by atoms with Crippen LogP contribution in [0.25, 0.3) is 0 Å². The number of amides is 3. The Morgan fingerprint density at radius 1 is 1.18 bits per heavy atom. The fourth-order valence-electron chi connectivity index (χ4n) is 1.65. The third-order valence-electron chi connectivity index (χ3n) is 2.58. The largest absolute Gasteiger partial charge is 0.366 e. The first-order valence-electron chi connectivity index (χ1n) is 4.95. The van der Waals surface area contributed by atoms with E-state index in [-0.39, 0.29) is 12.1 Å². The number of hydrogen-bond donors (Lipinski definition) is 1. The molecule has 5 heteroatoms. The van der Waals surface area contributed by atoms with Gasteiger partial charge in [0.1, 0.15) is 0 Å². The molecular weight excluding hydrogens is 220 g/mol. The summed E-state index contributed by atoms with van der Waals surface area (Å²) in [5.41, 5.74) is 5.73. The van der Waals surface area contributed by atoms with Crippen LogP contribution in [0.1, 0.15) is 20.7 Å². The van der Waals surface area contributed by atoms with Crippen molar-refractivity contribution in [3.8, 4) is 0 Å². The molecule has 0 aromatic heterocycles. The van der Waals surface area contributed by atoms with Crippen molar-refractivity contribution < 1.29 is 14.4 Å². The minimum Gasteiger partial charge on any atom is -0.366 e. The Labute approximate surface area is 97.5 Å². The second-order valence-corrected chi connectivity index (χ2v) is 3.71. The molecule has 0 unspecified atom stereocenters. The van der Waals surface area contributed by atoms with Gasteiger partial charge in [0, 0.05) is 5.57 Å². The van der Waals surface area contributed by atoms with Crippen LogP contribution < -0.4 is 5.73 Å². The van der Waals surface area contributed by atoms with Crippen LogP contribution in [0.3, 0.4) is 0 Å². The molecule has 2 N–H and O–H groups in total. The average Bonchev–Trinajstić information content (AvgIpc) is 2.55. The maximum absolute atomic E-state index is 11.9.